The number of halogens is 3. The second-order valence-corrected chi connectivity index (χ2v) is 11.5. The minimum Gasteiger partial charge on any atom is -0.494 e. The van der Waals surface area contributed by atoms with Crippen LogP contribution in [-0.4, -0.2) is 81.6 Å². The molecule has 1 amide bonds. The standard InChI is InChI=1S/C24H30Cl2FN3O4S/c1-28(16-17-4-7-23(34-2)22(27)14-17)24(31)19(18-5-6-20(25)21(26)15-18)8-9-29-10-12-30(13-11-29)35(3,32)33/h4-7,14-15,19H,8-13,16H2,1-3H3. The molecule has 1 aliphatic rings. The Morgan fingerprint density at radius 3 is 2.37 bits per heavy atom. The van der Waals surface area contributed by atoms with E-state index >= 15 is 0 Å². The quantitative estimate of drug-likeness (QED) is 0.478. The second-order valence-electron chi connectivity index (χ2n) is 8.68. The van der Waals surface area contributed by atoms with Crippen LogP contribution in [0.4, 0.5) is 4.39 Å². The number of carbonyl (C=O) groups is 1. The van der Waals surface area contributed by atoms with Crippen LogP contribution in [0.2, 0.25) is 10.0 Å². The highest BCUT2D eigenvalue weighted by atomic mass is 35.5. The number of benzene rings is 2. The lowest BCUT2D eigenvalue weighted by molar-refractivity contribution is -0.132. The Morgan fingerprint density at radius 1 is 1.11 bits per heavy atom. The van der Waals surface area contributed by atoms with Crippen molar-refractivity contribution in [1.82, 2.24) is 14.1 Å². The van der Waals surface area contributed by atoms with Crippen LogP contribution in [0.1, 0.15) is 23.5 Å². The molecule has 1 fully saturated rings. The molecular formula is C24H30Cl2FN3O4S. The number of methoxy groups -OCH3 is 1. The number of amides is 1. The Labute approximate surface area is 216 Å². The Bertz CT molecular complexity index is 1160. The van der Waals surface area contributed by atoms with Crippen molar-refractivity contribution in [3.63, 3.8) is 0 Å². The molecule has 0 spiro atoms. The highest BCUT2D eigenvalue weighted by Crippen LogP contribution is 2.30. The number of ether oxygens (including phenoxy) is 1. The Hall–Kier alpha value is -1.91. The summed E-state index contributed by atoms with van der Waals surface area (Å²) in [6, 6.07) is 9.78. The van der Waals surface area contributed by atoms with Crippen LogP contribution in [0.5, 0.6) is 5.75 Å². The predicted octanol–water partition coefficient (Wildman–Crippen LogP) is 3.85. The van der Waals surface area contributed by atoms with Crippen molar-refractivity contribution in [2.24, 2.45) is 0 Å². The first-order valence-corrected chi connectivity index (χ1v) is 13.8. The van der Waals surface area contributed by atoms with E-state index in [9.17, 15) is 17.6 Å². The van der Waals surface area contributed by atoms with Crippen molar-refractivity contribution in [2.45, 2.75) is 18.9 Å². The van der Waals surface area contributed by atoms with Gasteiger partial charge in [-0.15, -0.1) is 0 Å². The molecule has 2 aromatic rings. The lowest BCUT2D eigenvalue weighted by atomic mass is 9.93. The number of likely N-dealkylation sites (N-methyl/N-ethyl adjacent to an activating group) is 1. The fourth-order valence-corrected chi connectivity index (χ4v) is 5.32. The molecule has 0 aromatic heterocycles. The highest BCUT2D eigenvalue weighted by Gasteiger charge is 2.28. The van der Waals surface area contributed by atoms with Crippen molar-refractivity contribution in [1.29, 1.82) is 0 Å². The third-order valence-corrected chi connectivity index (χ3v) is 8.23. The van der Waals surface area contributed by atoms with Gasteiger partial charge in [-0.1, -0.05) is 35.3 Å². The molecule has 35 heavy (non-hydrogen) atoms. The monoisotopic (exact) mass is 545 g/mol. The fraction of sp³-hybridized carbons (Fsp3) is 0.458. The molecule has 1 saturated heterocycles. The van der Waals surface area contributed by atoms with Gasteiger partial charge in [0.15, 0.2) is 11.6 Å². The largest absolute Gasteiger partial charge is 0.494 e. The van der Waals surface area contributed by atoms with Gasteiger partial charge in [-0.25, -0.2) is 12.8 Å². The SMILES string of the molecule is COc1ccc(CN(C)C(=O)C(CCN2CCN(S(C)(=O)=O)CC2)c2ccc(Cl)c(Cl)c2)cc1F. The van der Waals surface area contributed by atoms with E-state index in [4.69, 9.17) is 27.9 Å². The molecule has 0 N–H and O–H groups in total. The number of hydrogen-bond acceptors (Lipinski definition) is 5. The summed E-state index contributed by atoms with van der Waals surface area (Å²) >= 11 is 12.3. The van der Waals surface area contributed by atoms with Crippen LogP contribution in [0.3, 0.4) is 0 Å². The molecule has 11 heteroatoms. The first-order chi connectivity index (χ1) is 16.5. The zero-order chi connectivity index (χ0) is 25.8. The van der Waals surface area contributed by atoms with E-state index in [1.54, 1.807) is 36.2 Å². The maximum Gasteiger partial charge on any atom is 0.230 e. The molecule has 1 heterocycles. The highest BCUT2D eigenvalue weighted by molar-refractivity contribution is 7.88. The third-order valence-electron chi connectivity index (χ3n) is 6.19. The van der Waals surface area contributed by atoms with Gasteiger partial charge in [0.25, 0.3) is 0 Å². The van der Waals surface area contributed by atoms with Gasteiger partial charge >= 0.3 is 0 Å². The van der Waals surface area contributed by atoms with E-state index in [-0.39, 0.29) is 18.2 Å². The van der Waals surface area contributed by atoms with Gasteiger partial charge in [-0.2, -0.15) is 4.31 Å². The Balaban J connectivity index is 1.73. The van der Waals surface area contributed by atoms with Crippen LogP contribution in [0, 0.1) is 5.82 Å². The van der Waals surface area contributed by atoms with Gasteiger partial charge in [0.05, 0.1) is 29.3 Å². The van der Waals surface area contributed by atoms with Crippen LogP contribution >= 0.6 is 23.2 Å². The smallest absolute Gasteiger partial charge is 0.230 e. The summed E-state index contributed by atoms with van der Waals surface area (Å²) < 4.78 is 44.1. The van der Waals surface area contributed by atoms with E-state index < -0.39 is 21.8 Å². The first-order valence-electron chi connectivity index (χ1n) is 11.2. The molecule has 1 aliphatic heterocycles. The van der Waals surface area contributed by atoms with Crippen molar-refractivity contribution in [3.8, 4) is 5.75 Å². The maximum absolute atomic E-state index is 14.1. The first kappa shape index (κ1) is 27.7. The van der Waals surface area contributed by atoms with E-state index in [0.29, 0.717) is 54.8 Å². The molecular weight excluding hydrogens is 516 g/mol. The predicted molar refractivity (Wildman–Crippen MR) is 136 cm³/mol. The van der Waals surface area contributed by atoms with Gasteiger partial charge in [0, 0.05) is 39.8 Å². The Kier molecular flexibility index (Phi) is 9.40. The van der Waals surface area contributed by atoms with Crippen LogP contribution in [0.15, 0.2) is 36.4 Å². The number of carbonyl (C=O) groups excluding carboxylic acids is 1. The topological polar surface area (TPSA) is 70.2 Å². The molecule has 7 nitrogen and oxygen atoms in total. The number of hydrogen-bond donors (Lipinski definition) is 0. The summed E-state index contributed by atoms with van der Waals surface area (Å²) in [4.78, 5) is 17.3. The van der Waals surface area contributed by atoms with Crippen LogP contribution in [-0.2, 0) is 21.4 Å². The zero-order valence-electron chi connectivity index (χ0n) is 20.0. The fourth-order valence-electron chi connectivity index (χ4n) is 4.18. The number of rotatable bonds is 9. The summed E-state index contributed by atoms with van der Waals surface area (Å²) in [5, 5.41) is 0.768. The van der Waals surface area contributed by atoms with Crippen molar-refractivity contribution >= 4 is 39.1 Å². The normalized spacial score (nSPS) is 16.2. The molecule has 2 aromatic carbocycles. The van der Waals surface area contributed by atoms with E-state index in [0.717, 1.165) is 5.56 Å². The average Bonchev–Trinajstić information content (AvgIpc) is 2.81. The lowest BCUT2D eigenvalue weighted by Crippen LogP contribution is -2.48. The van der Waals surface area contributed by atoms with Crippen LogP contribution in [0.25, 0.3) is 0 Å². The minimum absolute atomic E-state index is 0.130. The molecule has 0 radical (unpaired) electrons. The van der Waals surface area contributed by atoms with E-state index in [1.165, 1.54) is 29.8 Å². The number of nitrogens with zero attached hydrogens (tertiary/aromatic N) is 3. The molecule has 1 atom stereocenters. The number of piperazine rings is 1. The van der Waals surface area contributed by atoms with Crippen molar-refractivity contribution in [2.75, 3.05) is 53.1 Å². The molecule has 1 unspecified atom stereocenters. The van der Waals surface area contributed by atoms with Crippen molar-refractivity contribution < 1.29 is 22.3 Å². The average molecular weight is 546 g/mol. The van der Waals surface area contributed by atoms with Gasteiger partial charge in [0.1, 0.15) is 0 Å². The Morgan fingerprint density at radius 2 is 1.80 bits per heavy atom. The summed E-state index contributed by atoms with van der Waals surface area (Å²) in [6.07, 6.45) is 1.73. The second kappa shape index (κ2) is 11.9. The summed E-state index contributed by atoms with van der Waals surface area (Å²) in [5.74, 6) is -0.965. The van der Waals surface area contributed by atoms with Crippen molar-refractivity contribution in [3.05, 3.63) is 63.4 Å². The lowest BCUT2D eigenvalue weighted by Gasteiger charge is -2.34. The third kappa shape index (κ3) is 7.30. The molecule has 3 rings (SSSR count). The van der Waals surface area contributed by atoms with E-state index in [2.05, 4.69) is 4.90 Å². The molecule has 192 valence electrons. The summed E-state index contributed by atoms with van der Waals surface area (Å²) in [7, 11) is -0.130. The van der Waals surface area contributed by atoms with Gasteiger partial charge in [-0.3, -0.25) is 4.79 Å². The molecule has 0 bridgehead atoms. The number of sulfonamides is 1. The van der Waals surface area contributed by atoms with E-state index in [1.807, 2.05) is 0 Å². The zero-order valence-corrected chi connectivity index (χ0v) is 22.3. The minimum atomic E-state index is -3.21. The van der Waals surface area contributed by atoms with Gasteiger partial charge in [-0.05, 0) is 48.4 Å². The summed E-state index contributed by atoms with van der Waals surface area (Å²) in [6.45, 7) is 2.87. The molecule has 0 aliphatic carbocycles. The summed E-state index contributed by atoms with van der Waals surface area (Å²) in [5.41, 5.74) is 1.39. The van der Waals surface area contributed by atoms with Gasteiger partial charge < -0.3 is 14.5 Å². The van der Waals surface area contributed by atoms with Crippen LogP contribution < -0.4 is 4.74 Å². The maximum atomic E-state index is 14.1. The molecule has 0 saturated carbocycles. The van der Waals surface area contributed by atoms with Gasteiger partial charge in [0.2, 0.25) is 15.9 Å².